The van der Waals surface area contributed by atoms with Gasteiger partial charge in [-0.2, -0.15) is 0 Å². The molecule has 0 N–H and O–H groups in total. The summed E-state index contributed by atoms with van der Waals surface area (Å²) in [5.41, 5.74) is 1.13. The van der Waals surface area contributed by atoms with Crippen LogP contribution in [0.2, 0.25) is 0 Å². The molecule has 2 aliphatic rings. The Labute approximate surface area is 141 Å². The molecule has 24 heavy (non-hydrogen) atoms. The van der Waals surface area contributed by atoms with Crippen molar-refractivity contribution in [3.63, 3.8) is 0 Å². The first-order valence-corrected chi connectivity index (χ1v) is 8.47. The van der Waals surface area contributed by atoms with Crippen molar-refractivity contribution in [1.29, 1.82) is 0 Å². The van der Waals surface area contributed by atoms with Crippen molar-refractivity contribution in [2.45, 2.75) is 25.8 Å². The summed E-state index contributed by atoms with van der Waals surface area (Å²) >= 11 is 0. The molecule has 4 rings (SSSR count). The Kier molecular flexibility index (Phi) is 3.64. The number of hydrogen-bond donors (Lipinski definition) is 0. The van der Waals surface area contributed by atoms with Crippen LogP contribution in [0.1, 0.15) is 31.7 Å². The highest BCUT2D eigenvalue weighted by Gasteiger charge is 2.52. The van der Waals surface area contributed by atoms with Crippen LogP contribution in [-0.2, 0) is 4.79 Å². The van der Waals surface area contributed by atoms with Crippen LogP contribution in [0.5, 0.6) is 0 Å². The maximum Gasteiger partial charge on any atom is 0.247 e. The minimum absolute atomic E-state index is 0.133. The molecule has 3 heterocycles. The minimum Gasteiger partial charge on any atom is -0.419 e. The van der Waals surface area contributed by atoms with E-state index in [0.29, 0.717) is 18.2 Å². The van der Waals surface area contributed by atoms with Crippen LogP contribution in [0.25, 0.3) is 11.5 Å². The highest BCUT2D eigenvalue weighted by atomic mass is 16.4. The van der Waals surface area contributed by atoms with Crippen LogP contribution < -0.4 is 0 Å². The van der Waals surface area contributed by atoms with Crippen molar-refractivity contribution in [2.75, 3.05) is 26.7 Å². The fourth-order valence-corrected chi connectivity index (χ4v) is 4.00. The zero-order valence-corrected chi connectivity index (χ0v) is 14.1. The number of carbonyl (C=O) groups is 1. The van der Waals surface area contributed by atoms with Crippen molar-refractivity contribution in [3.8, 4) is 11.5 Å². The van der Waals surface area contributed by atoms with Crippen molar-refractivity contribution in [2.24, 2.45) is 5.41 Å². The third-order valence-electron chi connectivity index (χ3n) is 5.20. The molecule has 6 nitrogen and oxygen atoms in total. The van der Waals surface area contributed by atoms with E-state index >= 15 is 0 Å². The Morgan fingerprint density at radius 2 is 2.00 bits per heavy atom. The van der Waals surface area contributed by atoms with Crippen molar-refractivity contribution in [1.82, 2.24) is 20.0 Å². The second-order valence-corrected chi connectivity index (χ2v) is 7.05. The van der Waals surface area contributed by atoms with E-state index in [4.69, 9.17) is 4.42 Å². The van der Waals surface area contributed by atoms with Crippen molar-refractivity contribution in [3.05, 3.63) is 36.2 Å². The van der Waals surface area contributed by atoms with E-state index in [2.05, 4.69) is 22.1 Å². The number of aromatic nitrogens is 2. The molecule has 1 atom stereocenters. The summed E-state index contributed by atoms with van der Waals surface area (Å²) in [6.45, 7) is 4.58. The summed E-state index contributed by atoms with van der Waals surface area (Å²) in [6, 6.07) is 9.96. The predicted octanol–water partition coefficient (Wildman–Crippen LogP) is 2.35. The summed E-state index contributed by atoms with van der Waals surface area (Å²) in [4.78, 5) is 16.0. The Morgan fingerprint density at radius 1 is 1.25 bits per heavy atom. The second kappa shape index (κ2) is 5.70. The molecule has 2 saturated heterocycles. The number of hydrogen-bond acceptors (Lipinski definition) is 5. The molecule has 126 valence electrons. The average molecular weight is 326 g/mol. The van der Waals surface area contributed by atoms with Gasteiger partial charge in [0.1, 0.15) is 0 Å². The molecule has 0 aliphatic carbocycles. The van der Waals surface area contributed by atoms with Gasteiger partial charge >= 0.3 is 0 Å². The monoisotopic (exact) mass is 326 g/mol. The van der Waals surface area contributed by atoms with Gasteiger partial charge in [0, 0.05) is 37.0 Å². The fraction of sp³-hybridized carbons (Fsp3) is 0.500. The van der Waals surface area contributed by atoms with Crippen LogP contribution >= 0.6 is 0 Å². The number of likely N-dealkylation sites (tertiary alicyclic amines) is 2. The Morgan fingerprint density at radius 3 is 2.71 bits per heavy atom. The summed E-state index contributed by atoms with van der Waals surface area (Å²) in [5.74, 6) is 1.49. The van der Waals surface area contributed by atoms with Crippen LogP contribution in [0.4, 0.5) is 0 Å². The lowest BCUT2D eigenvalue weighted by atomic mass is 9.77. The molecule has 2 aliphatic heterocycles. The lowest BCUT2D eigenvalue weighted by molar-refractivity contribution is -0.142. The van der Waals surface area contributed by atoms with Gasteiger partial charge in [0.25, 0.3) is 0 Å². The number of rotatable bonds is 3. The van der Waals surface area contributed by atoms with Crippen LogP contribution in [0.3, 0.4) is 0 Å². The summed E-state index contributed by atoms with van der Waals surface area (Å²) in [6.07, 6.45) is 1.55. The minimum atomic E-state index is 0.133. The van der Waals surface area contributed by atoms with Gasteiger partial charge < -0.3 is 9.32 Å². The number of benzene rings is 1. The van der Waals surface area contributed by atoms with E-state index in [-0.39, 0.29) is 17.4 Å². The first-order chi connectivity index (χ1) is 11.6. The maximum absolute atomic E-state index is 11.8. The largest absolute Gasteiger partial charge is 0.419 e. The van der Waals surface area contributed by atoms with E-state index in [1.165, 1.54) is 0 Å². The quantitative estimate of drug-likeness (QED) is 0.866. The molecule has 2 fully saturated rings. The number of nitrogens with zero attached hydrogens (tertiary/aromatic N) is 4. The molecular weight excluding hydrogens is 304 g/mol. The molecular formula is C18H22N4O2. The summed E-state index contributed by atoms with van der Waals surface area (Å²) in [5, 5.41) is 8.49. The van der Waals surface area contributed by atoms with Crippen LogP contribution in [-0.4, -0.2) is 52.6 Å². The Hall–Kier alpha value is -2.21. The molecule has 1 aromatic heterocycles. The van der Waals surface area contributed by atoms with Gasteiger partial charge in [-0.15, -0.1) is 10.2 Å². The Bertz CT molecular complexity index is 736. The SMILES string of the molecule is CCC(=O)N1CC2(CC(c3nnc(-c4ccccc4)o3)N(C)C2)C1. The topological polar surface area (TPSA) is 62.5 Å². The smallest absolute Gasteiger partial charge is 0.247 e. The average Bonchev–Trinajstić information content (AvgIpc) is 3.18. The lowest BCUT2D eigenvalue weighted by Gasteiger charge is -2.48. The molecule has 6 heteroatoms. The third kappa shape index (κ3) is 2.51. The van der Waals surface area contributed by atoms with Gasteiger partial charge in [-0.3, -0.25) is 9.69 Å². The predicted molar refractivity (Wildman–Crippen MR) is 89.0 cm³/mol. The molecule has 1 aromatic carbocycles. The van der Waals surface area contributed by atoms with Gasteiger partial charge in [-0.05, 0) is 25.6 Å². The molecule has 2 aromatic rings. The molecule has 1 spiro atoms. The van der Waals surface area contributed by atoms with E-state index < -0.39 is 0 Å². The van der Waals surface area contributed by atoms with E-state index in [0.717, 1.165) is 31.6 Å². The highest BCUT2D eigenvalue weighted by Crippen LogP contribution is 2.47. The molecule has 1 amide bonds. The molecule has 0 saturated carbocycles. The van der Waals surface area contributed by atoms with Gasteiger partial charge in [-0.25, -0.2) is 0 Å². The summed E-state index contributed by atoms with van der Waals surface area (Å²) in [7, 11) is 2.09. The number of carbonyl (C=O) groups excluding carboxylic acids is 1. The lowest BCUT2D eigenvalue weighted by Crippen LogP contribution is -2.59. The zero-order valence-electron chi connectivity index (χ0n) is 14.1. The molecule has 0 bridgehead atoms. The molecule has 0 radical (unpaired) electrons. The van der Waals surface area contributed by atoms with E-state index in [1.54, 1.807) is 0 Å². The van der Waals surface area contributed by atoms with E-state index in [1.807, 2.05) is 42.2 Å². The zero-order chi connectivity index (χ0) is 16.7. The van der Waals surface area contributed by atoms with E-state index in [9.17, 15) is 4.79 Å². The van der Waals surface area contributed by atoms with Crippen LogP contribution in [0.15, 0.2) is 34.7 Å². The second-order valence-electron chi connectivity index (χ2n) is 7.05. The van der Waals surface area contributed by atoms with Gasteiger partial charge in [0.15, 0.2) is 0 Å². The third-order valence-corrected chi connectivity index (χ3v) is 5.20. The first-order valence-electron chi connectivity index (χ1n) is 8.47. The van der Waals surface area contributed by atoms with Crippen LogP contribution in [0, 0.1) is 5.41 Å². The Balaban J connectivity index is 1.48. The highest BCUT2D eigenvalue weighted by molar-refractivity contribution is 5.77. The first kappa shape index (κ1) is 15.3. The summed E-state index contributed by atoms with van der Waals surface area (Å²) < 4.78 is 5.94. The standard InChI is InChI=1S/C18H22N4O2/c1-3-15(23)22-11-18(12-22)9-14(21(2)10-18)17-20-19-16(24-17)13-7-5-4-6-8-13/h4-8,14H,3,9-12H2,1-2H3. The van der Waals surface area contributed by atoms with Crippen molar-refractivity contribution >= 4 is 5.91 Å². The van der Waals surface area contributed by atoms with Gasteiger partial charge in [0.05, 0.1) is 6.04 Å². The normalized spacial score (nSPS) is 22.8. The van der Waals surface area contributed by atoms with Crippen molar-refractivity contribution < 1.29 is 9.21 Å². The molecule has 1 unspecified atom stereocenters. The maximum atomic E-state index is 11.8. The van der Waals surface area contributed by atoms with Gasteiger partial charge in [0.2, 0.25) is 17.7 Å². The fourth-order valence-electron chi connectivity index (χ4n) is 4.00. The van der Waals surface area contributed by atoms with Gasteiger partial charge in [-0.1, -0.05) is 25.1 Å². The number of amides is 1.